The highest BCUT2D eigenvalue weighted by molar-refractivity contribution is 6.11. The Morgan fingerprint density at radius 1 is 0.395 bits per heavy atom. The minimum atomic E-state index is -0.487. The first-order valence-electron chi connectivity index (χ1n) is 26.5. The first kappa shape index (κ1) is 43.8. The van der Waals surface area contributed by atoms with Gasteiger partial charge in [-0.05, 0) is 141 Å². The van der Waals surface area contributed by atoms with Gasteiger partial charge in [0, 0.05) is 49.9 Å². The van der Waals surface area contributed by atoms with Gasteiger partial charge in [0.05, 0.1) is 16.4 Å². The summed E-state index contributed by atoms with van der Waals surface area (Å²) < 4.78 is 8.98. The standard InChI is InChI=1S/C73H50N2O/c1-4-18-49(19-5-1)50-36-42-57(43-37-50)74(56-22-8-3-9-23-56)58-24-16-25-59(48-58)75-69-32-14-11-27-63(69)66-46-52(39-45-70(66)75)53-38-44-62-61-26-10-13-31-67(61)73(68(62)47-53,54-20-6-2-7-21-54)55-40-34-51(35-41-55)60-29-17-30-65-64-28-12-15-33-71(64)76-72(60)65/h1-6,8-20,22-48H,7,21H2. The minimum absolute atomic E-state index is 0.487. The molecule has 0 saturated carbocycles. The number of fused-ring (bicyclic) bond motifs is 9. The summed E-state index contributed by atoms with van der Waals surface area (Å²) in [5, 5.41) is 4.73. The highest BCUT2D eigenvalue weighted by Gasteiger charge is 2.47. The zero-order chi connectivity index (χ0) is 50.2. The minimum Gasteiger partial charge on any atom is -0.455 e. The molecule has 358 valence electrons. The number of hydrogen-bond donors (Lipinski definition) is 0. The van der Waals surface area contributed by atoms with Crippen LogP contribution in [0.1, 0.15) is 29.5 Å². The van der Waals surface area contributed by atoms with Gasteiger partial charge in [-0.2, -0.15) is 0 Å². The van der Waals surface area contributed by atoms with Crippen LogP contribution in [0.4, 0.5) is 17.1 Å². The van der Waals surface area contributed by atoms with Crippen molar-refractivity contribution < 1.29 is 4.42 Å². The van der Waals surface area contributed by atoms with Crippen molar-refractivity contribution >= 4 is 60.8 Å². The van der Waals surface area contributed by atoms with E-state index in [0.717, 1.165) is 68.7 Å². The van der Waals surface area contributed by atoms with Gasteiger partial charge < -0.3 is 13.9 Å². The largest absolute Gasteiger partial charge is 0.455 e. The van der Waals surface area contributed by atoms with Gasteiger partial charge in [0.25, 0.3) is 0 Å². The van der Waals surface area contributed by atoms with Crippen LogP contribution < -0.4 is 4.90 Å². The van der Waals surface area contributed by atoms with Gasteiger partial charge in [-0.25, -0.2) is 0 Å². The van der Waals surface area contributed by atoms with Gasteiger partial charge in [-0.3, -0.25) is 0 Å². The predicted molar refractivity (Wildman–Crippen MR) is 317 cm³/mol. The molecule has 3 heteroatoms. The number of benzene rings is 11. The Labute approximate surface area is 442 Å². The Morgan fingerprint density at radius 3 is 1.86 bits per heavy atom. The van der Waals surface area contributed by atoms with E-state index in [-0.39, 0.29) is 0 Å². The van der Waals surface area contributed by atoms with Crippen molar-refractivity contribution in [3.63, 3.8) is 0 Å². The lowest BCUT2D eigenvalue weighted by atomic mass is 9.65. The molecule has 0 amide bonds. The molecule has 2 aromatic heterocycles. The molecule has 0 spiro atoms. The fourth-order valence-electron chi connectivity index (χ4n) is 12.8. The smallest absolute Gasteiger partial charge is 0.143 e. The molecule has 76 heavy (non-hydrogen) atoms. The molecule has 2 aliphatic rings. The maximum Gasteiger partial charge on any atom is 0.143 e. The maximum atomic E-state index is 6.54. The van der Waals surface area contributed by atoms with Crippen LogP contribution in [0.15, 0.2) is 289 Å². The van der Waals surface area contributed by atoms with Crippen LogP contribution in [0.2, 0.25) is 0 Å². The van der Waals surface area contributed by atoms with Crippen molar-refractivity contribution in [2.24, 2.45) is 0 Å². The molecule has 11 aromatic carbocycles. The van der Waals surface area contributed by atoms with Gasteiger partial charge >= 0.3 is 0 Å². The number of hydrogen-bond acceptors (Lipinski definition) is 2. The Hall–Kier alpha value is -9.70. The molecule has 15 rings (SSSR count). The fraction of sp³-hybridized carbons (Fsp3) is 0.0411. The molecule has 0 radical (unpaired) electrons. The lowest BCUT2D eigenvalue weighted by molar-refractivity contribution is 0.670. The average Bonchev–Trinajstić information content (AvgIpc) is 4.29. The Kier molecular flexibility index (Phi) is 10.2. The molecule has 0 aliphatic heterocycles. The van der Waals surface area contributed by atoms with E-state index < -0.39 is 5.41 Å². The second-order valence-corrected chi connectivity index (χ2v) is 20.3. The number of para-hydroxylation sites is 4. The molecule has 1 atom stereocenters. The van der Waals surface area contributed by atoms with Crippen LogP contribution >= 0.6 is 0 Å². The Bertz CT molecular complexity index is 4440. The lowest BCUT2D eigenvalue weighted by Gasteiger charge is -2.37. The number of nitrogens with zero attached hydrogens (tertiary/aromatic N) is 2. The van der Waals surface area contributed by atoms with Gasteiger partial charge in [-0.15, -0.1) is 0 Å². The van der Waals surface area contributed by atoms with Crippen molar-refractivity contribution in [2.75, 3.05) is 4.90 Å². The number of rotatable bonds is 9. The first-order valence-corrected chi connectivity index (χ1v) is 26.5. The van der Waals surface area contributed by atoms with Crippen molar-refractivity contribution in [1.82, 2.24) is 4.57 Å². The van der Waals surface area contributed by atoms with Crippen molar-refractivity contribution in [1.29, 1.82) is 0 Å². The van der Waals surface area contributed by atoms with Crippen molar-refractivity contribution in [2.45, 2.75) is 18.3 Å². The fourth-order valence-corrected chi connectivity index (χ4v) is 12.8. The van der Waals surface area contributed by atoms with E-state index in [1.807, 2.05) is 6.07 Å². The molecular weight excluding hydrogens is 921 g/mol. The monoisotopic (exact) mass is 970 g/mol. The molecule has 2 heterocycles. The van der Waals surface area contributed by atoms with Crippen LogP contribution in [0.25, 0.3) is 93.9 Å². The van der Waals surface area contributed by atoms with E-state index in [2.05, 4.69) is 282 Å². The molecule has 13 aromatic rings. The van der Waals surface area contributed by atoms with Gasteiger partial charge in [0.15, 0.2) is 0 Å². The summed E-state index contributed by atoms with van der Waals surface area (Å²) in [6.45, 7) is 0. The van der Waals surface area contributed by atoms with Crippen molar-refractivity contribution in [3.05, 3.63) is 301 Å². The van der Waals surface area contributed by atoms with Crippen LogP contribution in [0.5, 0.6) is 0 Å². The van der Waals surface area contributed by atoms with Crippen molar-refractivity contribution in [3.8, 4) is 50.2 Å². The highest BCUT2D eigenvalue weighted by atomic mass is 16.3. The van der Waals surface area contributed by atoms with E-state index >= 15 is 0 Å². The summed E-state index contributed by atoms with van der Waals surface area (Å²) in [5.74, 6) is 0. The van der Waals surface area contributed by atoms with E-state index in [1.54, 1.807) is 0 Å². The molecule has 0 fully saturated rings. The summed E-state index contributed by atoms with van der Waals surface area (Å²) >= 11 is 0. The summed E-state index contributed by atoms with van der Waals surface area (Å²) in [5.41, 5.74) is 23.1. The second-order valence-electron chi connectivity index (χ2n) is 20.3. The second kappa shape index (κ2) is 17.8. The molecule has 0 N–H and O–H groups in total. The Balaban J connectivity index is 0.850. The van der Waals surface area contributed by atoms with E-state index in [0.29, 0.717) is 0 Å². The van der Waals surface area contributed by atoms with Gasteiger partial charge in [0.2, 0.25) is 0 Å². The summed E-state index contributed by atoms with van der Waals surface area (Å²) in [4.78, 5) is 2.35. The zero-order valence-electron chi connectivity index (χ0n) is 41.8. The summed E-state index contributed by atoms with van der Waals surface area (Å²) in [6.07, 6.45) is 8.95. The molecule has 0 saturated heterocycles. The van der Waals surface area contributed by atoms with Gasteiger partial charge in [0.1, 0.15) is 11.2 Å². The lowest BCUT2D eigenvalue weighted by Crippen LogP contribution is -2.30. The van der Waals surface area contributed by atoms with Crippen LogP contribution in [-0.2, 0) is 5.41 Å². The third-order valence-corrected chi connectivity index (χ3v) is 16.2. The van der Waals surface area contributed by atoms with E-state index in [1.165, 1.54) is 77.5 Å². The number of furan rings is 1. The third kappa shape index (κ3) is 6.90. The number of anilines is 3. The number of allylic oxidation sites excluding steroid dienone is 4. The summed E-state index contributed by atoms with van der Waals surface area (Å²) in [7, 11) is 0. The maximum absolute atomic E-state index is 6.54. The molecule has 2 aliphatic carbocycles. The van der Waals surface area contributed by atoms with E-state index in [4.69, 9.17) is 4.42 Å². The normalized spacial score (nSPS) is 14.8. The first-order chi connectivity index (χ1) is 37.7. The molecular formula is C73H50N2O. The topological polar surface area (TPSA) is 21.3 Å². The highest BCUT2D eigenvalue weighted by Crippen LogP contribution is 2.58. The quantitative estimate of drug-likeness (QED) is 0.144. The molecule has 1 unspecified atom stereocenters. The average molecular weight is 971 g/mol. The van der Waals surface area contributed by atoms with Crippen LogP contribution in [-0.4, -0.2) is 4.57 Å². The number of aromatic nitrogens is 1. The molecule has 0 bridgehead atoms. The third-order valence-electron chi connectivity index (χ3n) is 16.2. The molecule has 3 nitrogen and oxygen atoms in total. The van der Waals surface area contributed by atoms with E-state index in [9.17, 15) is 0 Å². The van der Waals surface area contributed by atoms with Crippen LogP contribution in [0, 0.1) is 0 Å². The Morgan fingerprint density at radius 2 is 1.01 bits per heavy atom. The SMILES string of the molecule is C1=CCCC(C2(c3ccc(-c4cccc5c4oc4ccccc45)cc3)c3ccccc3-c3ccc(-c4ccc5c(c4)c4ccccc4n5-c4cccc(N(c5ccccc5)c5ccc(-c6ccccc6)cc5)c4)cc32)=C1. The zero-order valence-corrected chi connectivity index (χ0v) is 41.8. The summed E-state index contributed by atoms with van der Waals surface area (Å²) in [6, 6.07) is 95.7. The van der Waals surface area contributed by atoms with Gasteiger partial charge in [-0.1, -0.05) is 212 Å². The predicted octanol–water partition coefficient (Wildman–Crippen LogP) is 19.7. The van der Waals surface area contributed by atoms with Crippen LogP contribution in [0.3, 0.4) is 0 Å².